The van der Waals surface area contributed by atoms with Crippen LogP contribution in [0, 0.1) is 5.92 Å². The Morgan fingerprint density at radius 3 is 2.77 bits per heavy atom. The van der Waals surface area contributed by atoms with Crippen molar-refractivity contribution in [2.24, 2.45) is 5.92 Å². The maximum atomic E-state index is 12.7. The summed E-state index contributed by atoms with van der Waals surface area (Å²) in [4.78, 5) is 14.1. The maximum absolute atomic E-state index is 12.7. The number of carbonyl (C=O) groups is 1. The minimum Gasteiger partial charge on any atom is -0.341 e. The molecule has 1 aromatic rings. The molecule has 1 fully saturated rings. The number of likely N-dealkylation sites (N-methyl/N-ethyl adjacent to an activating group) is 1. The molecule has 2 unspecified atom stereocenters. The van der Waals surface area contributed by atoms with Crippen LogP contribution in [-0.2, 0) is 17.4 Å². The monoisotopic (exact) mass is 314 g/mol. The van der Waals surface area contributed by atoms with Crippen LogP contribution in [0.3, 0.4) is 0 Å². The molecule has 1 heterocycles. The van der Waals surface area contributed by atoms with Crippen LogP contribution in [0.15, 0.2) is 24.3 Å². The van der Waals surface area contributed by atoms with Crippen molar-refractivity contribution in [1.82, 2.24) is 10.2 Å². The number of carbonyl (C=O) groups excluding carboxylic acids is 1. The predicted octanol–water partition coefficient (Wildman–Crippen LogP) is 2.70. The molecule has 2 rings (SSSR count). The van der Waals surface area contributed by atoms with Crippen LogP contribution in [-0.4, -0.2) is 37.0 Å². The lowest BCUT2D eigenvalue weighted by molar-refractivity contribution is -0.137. The molecule has 0 bridgehead atoms. The summed E-state index contributed by atoms with van der Waals surface area (Å²) in [5.41, 5.74) is -0.133. The first-order chi connectivity index (χ1) is 10.3. The lowest BCUT2D eigenvalue weighted by atomic mass is 9.97. The number of alkyl halides is 3. The van der Waals surface area contributed by atoms with Crippen LogP contribution in [0.5, 0.6) is 0 Å². The molecule has 0 saturated carbocycles. The highest BCUT2D eigenvalue weighted by atomic mass is 19.4. The van der Waals surface area contributed by atoms with E-state index in [2.05, 4.69) is 5.32 Å². The molecule has 1 aliphatic rings. The third-order valence-electron chi connectivity index (χ3n) is 4.15. The fourth-order valence-corrected chi connectivity index (χ4v) is 2.81. The van der Waals surface area contributed by atoms with Crippen LogP contribution in [0.1, 0.15) is 24.5 Å². The van der Waals surface area contributed by atoms with Crippen LogP contribution < -0.4 is 5.32 Å². The van der Waals surface area contributed by atoms with Gasteiger partial charge in [0, 0.05) is 25.6 Å². The van der Waals surface area contributed by atoms with E-state index in [1.807, 2.05) is 0 Å². The summed E-state index contributed by atoms with van der Waals surface area (Å²) in [5.74, 6) is -0.361. The molecular formula is C16H21F3N2O. The predicted molar refractivity (Wildman–Crippen MR) is 78.4 cm³/mol. The Labute approximate surface area is 128 Å². The molecule has 1 aliphatic heterocycles. The summed E-state index contributed by atoms with van der Waals surface area (Å²) in [5, 5.41) is 3.20. The smallest absolute Gasteiger partial charge is 0.341 e. The second-order valence-electron chi connectivity index (χ2n) is 5.90. The molecule has 0 spiro atoms. The van der Waals surface area contributed by atoms with Gasteiger partial charge in [-0.3, -0.25) is 4.79 Å². The van der Waals surface area contributed by atoms with Gasteiger partial charge in [0.05, 0.1) is 5.56 Å². The van der Waals surface area contributed by atoms with Gasteiger partial charge in [0.25, 0.3) is 0 Å². The highest BCUT2D eigenvalue weighted by Crippen LogP contribution is 2.30. The van der Waals surface area contributed by atoms with E-state index in [0.29, 0.717) is 12.0 Å². The summed E-state index contributed by atoms with van der Waals surface area (Å²) in [6.07, 6.45) is -3.12. The van der Waals surface area contributed by atoms with E-state index in [1.54, 1.807) is 24.9 Å². The molecule has 0 aromatic heterocycles. The first-order valence-corrected chi connectivity index (χ1v) is 7.42. The van der Waals surface area contributed by atoms with Crippen LogP contribution in [0.25, 0.3) is 0 Å². The van der Waals surface area contributed by atoms with Crippen molar-refractivity contribution in [3.63, 3.8) is 0 Å². The van der Waals surface area contributed by atoms with E-state index in [1.165, 1.54) is 6.07 Å². The SMILES string of the molecule is CC(Cc1cccc(C(F)(F)F)c1)C(=O)N(C)C1CCNC1. The minimum absolute atomic E-state index is 0.0221. The first kappa shape index (κ1) is 16.8. The zero-order valence-electron chi connectivity index (χ0n) is 12.8. The van der Waals surface area contributed by atoms with Crippen LogP contribution >= 0.6 is 0 Å². The average molecular weight is 314 g/mol. The van der Waals surface area contributed by atoms with E-state index >= 15 is 0 Å². The zero-order valence-corrected chi connectivity index (χ0v) is 12.8. The second-order valence-corrected chi connectivity index (χ2v) is 5.90. The van der Waals surface area contributed by atoms with Gasteiger partial charge in [-0.15, -0.1) is 0 Å². The van der Waals surface area contributed by atoms with Gasteiger partial charge in [-0.2, -0.15) is 13.2 Å². The number of benzene rings is 1. The first-order valence-electron chi connectivity index (χ1n) is 7.42. The lowest BCUT2D eigenvalue weighted by Gasteiger charge is -2.27. The number of rotatable bonds is 4. The van der Waals surface area contributed by atoms with Crippen LogP contribution in [0.2, 0.25) is 0 Å². The Morgan fingerprint density at radius 1 is 1.45 bits per heavy atom. The zero-order chi connectivity index (χ0) is 16.3. The summed E-state index contributed by atoms with van der Waals surface area (Å²) in [7, 11) is 1.77. The van der Waals surface area contributed by atoms with Gasteiger partial charge in [0.2, 0.25) is 5.91 Å². The van der Waals surface area contributed by atoms with Gasteiger partial charge >= 0.3 is 6.18 Å². The average Bonchev–Trinajstić information content (AvgIpc) is 2.99. The van der Waals surface area contributed by atoms with Crippen molar-refractivity contribution >= 4 is 5.91 Å². The molecule has 0 aliphatic carbocycles. The maximum Gasteiger partial charge on any atom is 0.416 e. The minimum atomic E-state index is -4.35. The van der Waals surface area contributed by atoms with Gasteiger partial charge < -0.3 is 10.2 Å². The number of hydrogen-bond donors (Lipinski definition) is 1. The van der Waals surface area contributed by atoms with Crippen molar-refractivity contribution in [3.8, 4) is 0 Å². The molecule has 1 amide bonds. The van der Waals surface area contributed by atoms with E-state index in [9.17, 15) is 18.0 Å². The molecule has 3 nitrogen and oxygen atoms in total. The summed E-state index contributed by atoms with van der Waals surface area (Å²) >= 11 is 0. The Kier molecular flexibility index (Phi) is 5.11. The Morgan fingerprint density at radius 2 is 2.18 bits per heavy atom. The molecule has 1 N–H and O–H groups in total. The van der Waals surface area contributed by atoms with Crippen molar-refractivity contribution in [1.29, 1.82) is 0 Å². The summed E-state index contributed by atoms with van der Waals surface area (Å²) in [6.45, 7) is 3.43. The molecule has 22 heavy (non-hydrogen) atoms. The quantitative estimate of drug-likeness (QED) is 0.927. The molecule has 6 heteroatoms. The largest absolute Gasteiger partial charge is 0.416 e. The number of nitrogens with one attached hydrogen (secondary N) is 1. The summed E-state index contributed by atoms with van der Waals surface area (Å²) < 4.78 is 38.1. The van der Waals surface area contributed by atoms with Gasteiger partial charge in [0.15, 0.2) is 0 Å². The highest BCUT2D eigenvalue weighted by Gasteiger charge is 2.31. The molecule has 122 valence electrons. The normalized spacial score (nSPS) is 20.0. The summed E-state index contributed by atoms with van der Waals surface area (Å²) in [6, 6.07) is 5.38. The number of hydrogen-bond acceptors (Lipinski definition) is 2. The number of halogens is 3. The van der Waals surface area contributed by atoms with Gasteiger partial charge in [0.1, 0.15) is 0 Å². The van der Waals surface area contributed by atoms with Gasteiger partial charge in [-0.25, -0.2) is 0 Å². The topological polar surface area (TPSA) is 32.3 Å². The van der Waals surface area contributed by atoms with E-state index in [0.717, 1.165) is 31.6 Å². The number of nitrogens with zero attached hydrogens (tertiary/aromatic N) is 1. The molecule has 1 saturated heterocycles. The van der Waals surface area contributed by atoms with E-state index < -0.39 is 11.7 Å². The molecule has 0 radical (unpaired) electrons. The molecular weight excluding hydrogens is 293 g/mol. The van der Waals surface area contributed by atoms with Gasteiger partial charge in [-0.1, -0.05) is 25.1 Å². The Bertz CT molecular complexity index is 524. The number of amides is 1. The fraction of sp³-hybridized carbons (Fsp3) is 0.562. The Hall–Kier alpha value is -1.56. The van der Waals surface area contributed by atoms with Crippen molar-refractivity contribution < 1.29 is 18.0 Å². The third-order valence-corrected chi connectivity index (χ3v) is 4.15. The molecule has 2 atom stereocenters. The molecule has 1 aromatic carbocycles. The Balaban J connectivity index is 2.02. The van der Waals surface area contributed by atoms with E-state index in [-0.39, 0.29) is 17.9 Å². The van der Waals surface area contributed by atoms with Crippen molar-refractivity contribution in [2.45, 2.75) is 32.0 Å². The van der Waals surface area contributed by atoms with Crippen LogP contribution in [0.4, 0.5) is 13.2 Å². The van der Waals surface area contributed by atoms with E-state index in [4.69, 9.17) is 0 Å². The lowest BCUT2D eigenvalue weighted by Crippen LogP contribution is -2.41. The standard InChI is InChI=1S/C16H21F3N2O/c1-11(15(22)21(2)14-6-7-20-10-14)8-12-4-3-5-13(9-12)16(17,18)19/h3-5,9,11,14,20H,6-8,10H2,1-2H3. The third kappa shape index (κ3) is 4.00. The highest BCUT2D eigenvalue weighted by molar-refractivity contribution is 5.79. The second kappa shape index (κ2) is 6.69. The fourth-order valence-electron chi connectivity index (χ4n) is 2.81. The van der Waals surface area contributed by atoms with Crippen molar-refractivity contribution in [2.75, 3.05) is 20.1 Å². The van der Waals surface area contributed by atoms with Gasteiger partial charge in [-0.05, 0) is 31.0 Å². The van der Waals surface area contributed by atoms with Crippen molar-refractivity contribution in [3.05, 3.63) is 35.4 Å².